The number of ether oxygens (including phenoxy) is 2. The highest BCUT2D eigenvalue weighted by Crippen LogP contribution is 2.32. The van der Waals surface area contributed by atoms with E-state index in [0.717, 1.165) is 22.6 Å². The van der Waals surface area contributed by atoms with Gasteiger partial charge >= 0.3 is 0 Å². The van der Waals surface area contributed by atoms with E-state index in [1.54, 1.807) is 0 Å². The predicted octanol–water partition coefficient (Wildman–Crippen LogP) is 3.27. The smallest absolute Gasteiger partial charge is 0.232 e. The molecule has 1 aliphatic heterocycles. The molecule has 3 N–H and O–H groups in total. The van der Waals surface area contributed by atoms with E-state index in [1.165, 1.54) is 0 Å². The molecule has 0 spiro atoms. The first-order valence-electron chi connectivity index (χ1n) is 9.00. The molecule has 1 saturated heterocycles. The van der Waals surface area contributed by atoms with Gasteiger partial charge in [-0.25, -0.2) is 0 Å². The summed E-state index contributed by atoms with van der Waals surface area (Å²) in [6.45, 7) is 3.94. The number of hydrogen-bond acceptors (Lipinski definition) is 4. The molecule has 26 heavy (non-hydrogen) atoms. The number of benzene rings is 2. The van der Waals surface area contributed by atoms with Crippen LogP contribution in [0.3, 0.4) is 0 Å². The van der Waals surface area contributed by atoms with Crippen LogP contribution in [-0.2, 0) is 16.1 Å². The molecule has 0 aromatic heterocycles. The van der Waals surface area contributed by atoms with Crippen LogP contribution in [0, 0.1) is 12.3 Å². The quantitative estimate of drug-likeness (QED) is 0.835. The summed E-state index contributed by atoms with van der Waals surface area (Å²) in [5, 5.41) is 3.08. The van der Waals surface area contributed by atoms with Crippen molar-refractivity contribution in [3.63, 3.8) is 0 Å². The molecule has 138 valence electrons. The van der Waals surface area contributed by atoms with Gasteiger partial charge in [-0.15, -0.1) is 0 Å². The Labute approximate surface area is 154 Å². The van der Waals surface area contributed by atoms with E-state index < -0.39 is 5.41 Å². The third kappa shape index (κ3) is 4.06. The third-order valence-electron chi connectivity index (χ3n) is 5.15. The Kier molecular flexibility index (Phi) is 5.91. The zero-order chi connectivity index (χ0) is 18.4. The van der Waals surface area contributed by atoms with E-state index in [4.69, 9.17) is 15.2 Å². The first kappa shape index (κ1) is 18.4. The van der Waals surface area contributed by atoms with Crippen molar-refractivity contribution in [2.75, 3.05) is 25.1 Å². The Bertz CT molecular complexity index is 740. The fraction of sp³-hybridized carbons (Fsp3) is 0.381. The number of nitrogens with two attached hydrogens (primary N) is 1. The molecule has 2 aromatic carbocycles. The predicted molar refractivity (Wildman–Crippen MR) is 102 cm³/mol. The Morgan fingerprint density at radius 1 is 1.15 bits per heavy atom. The molecule has 0 bridgehead atoms. The van der Waals surface area contributed by atoms with E-state index in [2.05, 4.69) is 5.32 Å². The van der Waals surface area contributed by atoms with Crippen molar-refractivity contribution in [2.24, 2.45) is 11.1 Å². The van der Waals surface area contributed by atoms with Gasteiger partial charge in [-0.3, -0.25) is 4.79 Å². The minimum absolute atomic E-state index is 0.0208. The summed E-state index contributed by atoms with van der Waals surface area (Å²) < 4.78 is 11.2. The van der Waals surface area contributed by atoms with E-state index >= 15 is 0 Å². The largest absolute Gasteiger partial charge is 0.489 e. The van der Waals surface area contributed by atoms with Crippen molar-refractivity contribution in [1.29, 1.82) is 0 Å². The van der Waals surface area contributed by atoms with Crippen LogP contribution in [0.5, 0.6) is 5.75 Å². The van der Waals surface area contributed by atoms with Crippen LogP contribution in [0.15, 0.2) is 48.5 Å². The SMILES string of the molecule is Cc1c(COc2ccccc2)cccc1NC(=O)C1(CN)CCOCC1. The van der Waals surface area contributed by atoms with E-state index in [9.17, 15) is 4.79 Å². The molecule has 0 unspecified atom stereocenters. The fourth-order valence-electron chi connectivity index (χ4n) is 3.19. The van der Waals surface area contributed by atoms with E-state index in [0.29, 0.717) is 39.2 Å². The lowest BCUT2D eigenvalue weighted by Crippen LogP contribution is -2.46. The summed E-state index contributed by atoms with van der Waals surface area (Å²) in [6, 6.07) is 15.6. The van der Waals surface area contributed by atoms with Gasteiger partial charge in [0.2, 0.25) is 5.91 Å². The second-order valence-corrected chi connectivity index (χ2v) is 6.74. The van der Waals surface area contributed by atoms with Crippen molar-refractivity contribution in [1.82, 2.24) is 0 Å². The summed E-state index contributed by atoms with van der Waals surface area (Å²) in [5.74, 6) is 0.804. The average Bonchev–Trinajstić information content (AvgIpc) is 2.70. The van der Waals surface area contributed by atoms with Crippen molar-refractivity contribution in [3.8, 4) is 5.75 Å². The van der Waals surface area contributed by atoms with Crippen LogP contribution in [0.25, 0.3) is 0 Å². The van der Waals surface area contributed by atoms with Crippen LogP contribution < -0.4 is 15.8 Å². The number of para-hydroxylation sites is 1. The average molecular weight is 354 g/mol. The van der Waals surface area contributed by atoms with Gasteiger partial charge in [0.15, 0.2) is 0 Å². The minimum atomic E-state index is -0.540. The normalized spacial score (nSPS) is 16.1. The molecule has 0 saturated carbocycles. The molecular weight excluding hydrogens is 328 g/mol. The Balaban J connectivity index is 1.71. The van der Waals surface area contributed by atoms with Gasteiger partial charge in [0.05, 0.1) is 5.41 Å². The minimum Gasteiger partial charge on any atom is -0.489 e. The van der Waals surface area contributed by atoms with Gasteiger partial charge in [-0.2, -0.15) is 0 Å². The summed E-state index contributed by atoms with van der Waals surface area (Å²) in [5.41, 5.74) is 8.26. The van der Waals surface area contributed by atoms with Crippen molar-refractivity contribution in [3.05, 3.63) is 59.7 Å². The van der Waals surface area contributed by atoms with Gasteiger partial charge in [0.1, 0.15) is 12.4 Å². The molecule has 0 radical (unpaired) electrons. The standard InChI is InChI=1S/C21H26N2O3/c1-16-17(14-26-18-7-3-2-4-8-18)6-5-9-19(16)23-20(24)21(15-22)10-12-25-13-11-21/h2-9H,10-15,22H2,1H3,(H,23,24). The summed E-state index contributed by atoms with van der Waals surface area (Å²) in [4.78, 5) is 12.9. The lowest BCUT2D eigenvalue weighted by molar-refractivity contribution is -0.130. The number of amides is 1. The lowest BCUT2D eigenvalue weighted by Gasteiger charge is -2.34. The van der Waals surface area contributed by atoms with Crippen molar-refractivity contribution < 1.29 is 14.3 Å². The van der Waals surface area contributed by atoms with Crippen LogP contribution in [0.2, 0.25) is 0 Å². The number of anilines is 1. The maximum Gasteiger partial charge on any atom is 0.232 e. The van der Waals surface area contributed by atoms with E-state index in [-0.39, 0.29) is 5.91 Å². The first-order chi connectivity index (χ1) is 12.6. The zero-order valence-corrected chi connectivity index (χ0v) is 15.2. The highest BCUT2D eigenvalue weighted by Gasteiger charge is 2.38. The molecule has 2 aromatic rings. The lowest BCUT2D eigenvalue weighted by atomic mass is 9.79. The molecule has 3 rings (SSSR count). The number of rotatable bonds is 6. The summed E-state index contributed by atoms with van der Waals surface area (Å²) >= 11 is 0. The van der Waals surface area contributed by atoms with Gasteiger partial charge in [-0.1, -0.05) is 30.3 Å². The molecule has 5 heteroatoms. The summed E-state index contributed by atoms with van der Waals surface area (Å²) in [6.07, 6.45) is 1.32. The van der Waals surface area contributed by atoms with Crippen LogP contribution in [0.4, 0.5) is 5.69 Å². The Morgan fingerprint density at radius 2 is 1.88 bits per heavy atom. The number of carbonyl (C=O) groups is 1. The highest BCUT2D eigenvalue weighted by atomic mass is 16.5. The molecule has 0 aliphatic carbocycles. The maximum absolute atomic E-state index is 12.9. The van der Waals surface area contributed by atoms with Gasteiger partial charge in [0.25, 0.3) is 0 Å². The van der Waals surface area contributed by atoms with Gasteiger partial charge < -0.3 is 20.5 Å². The van der Waals surface area contributed by atoms with Crippen LogP contribution in [0.1, 0.15) is 24.0 Å². The number of nitrogens with one attached hydrogen (secondary N) is 1. The second kappa shape index (κ2) is 8.34. The van der Waals surface area contributed by atoms with Crippen LogP contribution in [-0.4, -0.2) is 25.7 Å². The monoisotopic (exact) mass is 354 g/mol. The first-order valence-corrected chi connectivity index (χ1v) is 9.00. The molecule has 1 amide bonds. The summed E-state index contributed by atoms with van der Waals surface area (Å²) in [7, 11) is 0. The zero-order valence-electron chi connectivity index (χ0n) is 15.2. The van der Waals surface area contributed by atoms with Crippen molar-refractivity contribution in [2.45, 2.75) is 26.4 Å². The van der Waals surface area contributed by atoms with Crippen LogP contribution >= 0.6 is 0 Å². The maximum atomic E-state index is 12.9. The molecule has 1 aliphatic rings. The third-order valence-corrected chi connectivity index (χ3v) is 5.15. The molecule has 1 fully saturated rings. The fourth-order valence-corrected chi connectivity index (χ4v) is 3.19. The number of carbonyl (C=O) groups excluding carboxylic acids is 1. The van der Waals surface area contributed by atoms with Gasteiger partial charge in [0, 0.05) is 25.4 Å². The topological polar surface area (TPSA) is 73.6 Å². The van der Waals surface area contributed by atoms with Gasteiger partial charge in [-0.05, 0) is 49.1 Å². The molecule has 0 atom stereocenters. The molecule has 1 heterocycles. The second-order valence-electron chi connectivity index (χ2n) is 6.74. The highest BCUT2D eigenvalue weighted by molar-refractivity contribution is 5.96. The number of hydrogen-bond donors (Lipinski definition) is 2. The Hall–Kier alpha value is -2.37. The molecular formula is C21H26N2O3. The van der Waals surface area contributed by atoms with Crippen molar-refractivity contribution >= 4 is 11.6 Å². The Morgan fingerprint density at radius 3 is 2.58 bits per heavy atom. The van der Waals surface area contributed by atoms with E-state index in [1.807, 2.05) is 55.5 Å². The molecule has 5 nitrogen and oxygen atoms in total.